The molecule has 2 aromatic carbocycles. The van der Waals surface area contributed by atoms with Gasteiger partial charge in [-0.1, -0.05) is 11.8 Å². The van der Waals surface area contributed by atoms with Crippen molar-refractivity contribution in [1.29, 1.82) is 0 Å². The number of rotatable bonds is 5. The SMILES string of the molecule is COc1ccc(Sc2ccc([N+](=O)[O-])c(CO)c2)cc1. The van der Waals surface area contributed by atoms with E-state index in [-0.39, 0.29) is 12.3 Å². The van der Waals surface area contributed by atoms with Gasteiger partial charge >= 0.3 is 0 Å². The summed E-state index contributed by atoms with van der Waals surface area (Å²) in [5.74, 6) is 0.772. The van der Waals surface area contributed by atoms with Crippen molar-refractivity contribution in [3.05, 3.63) is 58.1 Å². The highest BCUT2D eigenvalue weighted by Gasteiger charge is 2.13. The molecule has 2 rings (SSSR count). The molecule has 6 heteroatoms. The normalized spacial score (nSPS) is 10.3. The summed E-state index contributed by atoms with van der Waals surface area (Å²) in [5, 5.41) is 20.0. The number of aliphatic hydroxyl groups excluding tert-OH is 1. The van der Waals surface area contributed by atoms with Gasteiger partial charge in [0.15, 0.2) is 0 Å². The van der Waals surface area contributed by atoms with Crippen LogP contribution in [0.4, 0.5) is 5.69 Å². The van der Waals surface area contributed by atoms with Crippen molar-refractivity contribution in [3.8, 4) is 5.75 Å². The van der Waals surface area contributed by atoms with Crippen LogP contribution in [-0.2, 0) is 6.61 Å². The van der Waals surface area contributed by atoms with Gasteiger partial charge in [-0.15, -0.1) is 0 Å². The third kappa shape index (κ3) is 3.28. The van der Waals surface area contributed by atoms with E-state index in [2.05, 4.69) is 0 Å². The van der Waals surface area contributed by atoms with E-state index in [1.807, 2.05) is 24.3 Å². The molecule has 0 heterocycles. The molecule has 0 fully saturated rings. The summed E-state index contributed by atoms with van der Waals surface area (Å²) in [6.45, 7) is -0.354. The van der Waals surface area contributed by atoms with Crippen LogP contribution in [0.5, 0.6) is 5.75 Å². The molecule has 0 amide bonds. The minimum Gasteiger partial charge on any atom is -0.497 e. The van der Waals surface area contributed by atoms with Gasteiger partial charge in [-0.3, -0.25) is 10.1 Å². The van der Waals surface area contributed by atoms with Crippen LogP contribution in [0.15, 0.2) is 52.3 Å². The second-order valence-corrected chi connectivity index (χ2v) is 5.13. The molecular weight excluding hydrogens is 278 g/mol. The standard InChI is InChI=1S/C14H13NO4S/c1-19-11-2-4-12(5-3-11)20-13-6-7-14(15(17)18)10(8-13)9-16/h2-8,16H,9H2,1H3. The number of nitro groups is 1. The van der Waals surface area contributed by atoms with Crippen LogP contribution >= 0.6 is 11.8 Å². The molecule has 0 spiro atoms. The van der Waals surface area contributed by atoms with Crippen molar-refractivity contribution in [2.24, 2.45) is 0 Å². The number of nitro benzene ring substituents is 1. The van der Waals surface area contributed by atoms with Gasteiger partial charge in [0.2, 0.25) is 0 Å². The number of hydrogen-bond donors (Lipinski definition) is 1. The molecule has 2 aromatic rings. The van der Waals surface area contributed by atoms with E-state index >= 15 is 0 Å². The Kier molecular flexibility index (Phi) is 4.60. The van der Waals surface area contributed by atoms with E-state index in [4.69, 9.17) is 4.74 Å². The van der Waals surface area contributed by atoms with Crippen LogP contribution in [0.25, 0.3) is 0 Å². The number of aliphatic hydroxyl groups is 1. The van der Waals surface area contributed by atoms with Crippen LogP contribution in [0.3, 0.4) is 0 Å². The van der Waals surface area contributed by atoms with Crippen molar-refractivity contribution >= 4 is 17.4 Å². The number of methoxy groups -OCH3 is 1. The fourth-order valence-electron chi connectivity index (χ4n) is 1.71. The number of benzene rings is 2. The predicted molar refractivity (Wildman–Crippen MR) is 76.1 cm³/mol. The predicted octanol–water partition coefficient (Wildman–Crippen LogP) is 3.25. The summed E-state index contributed by atoms with van der Waals surface area (Å²) in [7, 11) is 1.60. The molecule has 104 valence electrons. The molecule has 0 unspecified atom stereocenters. The summed E-state index contributed by atoms with van der Waals surface area (Å²) < 4.78 is 5.08. The molecule has 20 heavy (non-hydrogen) atoms. The Hall–Kier alpha value is -2.05. The zero-order chi connectivity index (χ0) is 14.5. The maximum atomic E-state index is 10.8. The second kappa shape index (κ2) is 6.40. The van der Waals surface area contributed by atoms with E-state index < -0.39 is 4.92 Å². The smallest absolute Gasteiger partial charge is 0.274 e. The monoisotopic (exact) mass is 291 g/mol. The van der Waals surface area contributed by atoms with Crippen molar-refractivity contribution < 1.29 is 14.8 Å². The Morgan fingerprint density at radius 3 is 2.40 bits per heavy atom. The lowest BCUT2D eigenvalue weighted by Crippen LogP contribution is -1.95. The van der Waals surface area contributed by atoms with Gasteiger partial charge in [-0.05, 0) is 36.4 Å². The number of ether oxygens (including phenoxy) is 1. The van der Waals surface area contributed by atoms with Crippen molar-refractivity contribution in [1.82, 2.24) is 0 Å². The molecule has 0 radical (unpaired) electrons. The van der Waals surface area contributed by atoms with E-state index in [1.54, 1.807) is 19.2 Å². The van der Waals surface area contributed by atoms with Crippen LogP contribution < -0.4 is 4.74 Å². The Morgan fingerprint density at radius 1 is 1.20 bits per heavy atom. The Balaban J connectivity index is 2.22. The minimum absolute atomic E-state index is 0.0634. The summed E-state index contributed by atoms with van der Waals surface area (Å²) >= 11 is 1.47. The molecule has 5 nitrogen and oxygen atoms in total. The lowest BCUT2D eigenvalue weighted by molar-refractivity contribution is -0.385. The number of nitrogens with zero attached hydrogens (tertiary/aromatic N) is 1. The van der Waals surface area contributed by atoms with E-state index in [0.29, 0.717) is 5.56 Å². The van der Waals surface area contributed by atoms with Gasteiger partial charge in [-0.25, -0.2) is 0 Å². The average Bonchev–Trinajstić information content (AvgIpc) is 2.47. The highest BCUT2D eigenvalue weighted by atomic mass is 32.2. The van der Waals surface area contributed by atoms with E-state index in [1.165, 1.54) is 17.8 Å². The molecular formula is C14H13NO4S. The van der Waals surface area contributed by atoms with Crippen molar-refractivity contribution in [2.45, 2.75) is 16.4 Å². The van der Waals surface area contributed by atoms with Crippen LogP contribution in [0.1, 0.15) is 5.56 Å². The molecule has 1 N–H and O–H groups in total. The third-order valence-electron chi connectivity index (χ3n) is 2.71. The van der Waals surface area contributed by atoms with Crippen molar-refractivity contribution in [2.75, 3.05) is 7.11 Å². The zero-order valence-corrected chi connectivity index (χ0v) is 11.6. The second-order valence-electron chi connectivity index (χ2n) is 3.98. The Labute approximate surface area is 120 Å². The molecule has 0 saturated carbocycles. The third-order valence-corrected chi connectivity index (χ3v) is 3.71. The number of hydrogen-bond acceptors (Lipinski definition) is 5. The van der Waals surface area contributed by atoms with Gasteiger partial charge < -0.3 is 9.84 Å². The maximum absolute atomic E-state index is 10.8. The van der Waals surface area contributed by atoms with Gasteiger partial charge in [0.25, 0.3) is 5.69 Å². The molecule has 0 aliphatic rings. The summed E-state index contributed by atoms with van der Waals surface area (Å²) in [4.78, 5) is 12.1. The van der Waals surface area contributed by atoms with Crippen LogP contribution in [0, 0.1) is 10.1 Å². The van der Waals surface area contributed by atoms with Gasteiger partial charge in [0.1, 0.15) is 5.75 Å². The molecule has 0 bridgehead atoms. The highest BCUT2D eigenvalue weighted by Crippen LogP contribution is 2.32. The van der Waals surface area contributed by atoms with Gasteiger partial charge in [0, 0.05) is 15.9 Å². The van der Waals surface area contributed by atoms with E-state index in [0.717, 1.165) is 15.5 Å². The average molecular weight is 291 g/mol. The highest BCUT2D eigenvalue weighted by molar-refractivity contribution is 7.99. The van der Waals surface area contributed by atoms with Crippen LogP contribution in [0.2, 0.25) is 0 Å². The van der Waals surface area contributed by atoms with Crippen LogP contribution in [-0.4, -0.2) is 17.1 Å². The fraction of sp³-hybridized carbons (Fsp3) is 0.143. The van der Waals surface area contributed by atoms with E-state index in [9.17, 15) is 15.2 Å². The van der Waals surface area contributed by atoms with Gasteiger partial charge in [-0.2, -0.15) is 0 Å². The lowest BCUT2D eigenvalue weighted by atomic mass is 10.2. The van der Waals surface area contributed by atoms with Gasteiger partial charge in [0.05, 0.1) is 24.2 Å². The summed E-state index contributed by atoms with van der Waals surface area (Å²) in [6, 6.07) is 12.2. The first-order chi connectivity index (χ1) is 9.63. The first kappa shape index (κ1) is 14.4. The molecule has 0 aliphatic heterocycles. The molecule has 0 saturated heterocycles. The topological polar surface area (TPSA) is 72.6 Å². The Morgan fingerprint density at radius 2 is 1.85 bits per heavy atom. The Bertz CT molecular complexity index is 613. The largest absolute Gasteiger partial charge is 0.497 e. The van der Waals surface area contributed by atoms with Crippen molar-refractivity contribution in [3.63, 3.8) is 0 Å². The first-order valence-electron chi connectivity index (χ1n) is 5.84. The summed E-state index contributed by atoms with van der Waals surface area (Å²) in [5.41, 5.74) is 0.250. The first-order valence-corrected chi connectivity index (χ1v) is 6.66. The lowest BCUT2D eigenvalue weighted by Gasteiger charge is -2.05. The quantitative estimate of drug-likeness (QED) is 0.676. The molecule has 0 atom stereocenters. The fourth-order valence-corrected chi connectivity index (χ4v) is 2.59. The molecule has 0 aromatic heterocycles. The maximum Gasteiger partial charge on any atom is 0.274 e. The minimum atomic E-state index is -0.493. The molecule has 0 aliphatic carbocycles. The zero-order valence-electron chi connectivity index (χ0n) is 10.8. The summed E-state index contributed by atoms with van der Waals surface area (Å²) in [6.07, 6.45) is 0.